The minimum atomic E-state index is -0.619. The highest BCUT2D eigenvalue weighted by Gasteiger charge is 2.73. The summed E-state index contributed by atoms with van der Waals surface area (Å²) in [5, 5.41) is 0. The van der Waals surface area contributed by atoms with Crippen molar-refractivity contribution in [2.24, 2.45) is 0 Å². The first kappa shape index (κ1) is 12.5. The van der Waals surface area contributed by atoms with E-state index in [4.69, 9.17) is 28.4 Å². The van der Waals surface area contributed by atoms with E-state index in [9.17, 15) is 0 Å². The Balaban J connectivity index is 1.55. The summed E-state index contributed by atoms with van der Waals surface area (Å²) in [5.74, 6) is -1.19. The molecule has 4 saturated heterocycles. The van der Waals surface area contributed by atoms with Crippen molar-refractivity contribution in [3.63, 3.8) is 0 Å². The van der Waals surface area contributed by atoms with Crippen LogP contribution in [0, 0.1) is 0 Å². The average molecular weight is 272 g/mol. The van der Waals surface area contributed by atoms with Gasteiger partial charge in [0.1, 0.15) is 18.3 Å². The van der Waals surface area contributed by atoms with Crippen LogP contribution in [0.5, 0.6) is 0 Å². The fraction of sp³-hybridized carbons (Fsp3) is 1.00. The quantitative estimate of drug-likeness (QED) is 0.658. The first-order chi connectivity index (χ1) is 8.81. The average Bonchev–Trinajstić information content (AvgIpc) is 2.82. The Labute approximate surface area is 112 Å². The van der Waals surface area contributed by atoms with Crippen molar-refractivity contribution in [2.45, 2.75) is 69.5 Å². The molecule has 6 nitrogen and oxygen atoms in total. The van der Waals surface area contributed by atoms with Gasteiger partial charge in [-0.05, 0) is 27.7 Å². The Morgan fingerprint density at radius 2 is 1.58 bits per heavy atom. The second-order valence-corrected chi connectivity index (χ2v) is 6.59. The van der Waals surface area contributed by atoms with Gasteiger partial charge in [-0.25, -0.2) is 0 Å². The molecule has 0 N–H and O–H groups in total. The number of fused-ring (bicyclic) bond motifs is 2. The zero-order valence-corrected chi connectivity index (χ0v) is 11.7. The molecule has 0 radical (unpaired) electrons. The number of hydrogen-bond acceptors (Lipinski definition) is 6. The molecular formula is C13H20O6. The fourth-order valence-electron chi connectivity index (χ4n) is 3.26. The molecule has 0 amide bonds. The molecule has 1 spiro atoms. The van der Waals surface area contributed by atoms with E-state index in [0.29, 0.717) is 13.2 Å². The summed E-state index contributed by atoms with van der Waals surface area (Å²) in [7, 11) is 0. The van der Waals surface area contributed by atoms with Gasteiger partial charge in [0.15, 0.2) is 23.5 Å². The van der Waals surface area contributed by atoms with Crippen molar-refractivity contribution in [1.82, 2.24) is 0 Å². The van der Waals surface area contributed by atoms with Crippen LogP contribution in [0.1, 0.15) is 27.7 Å². The van der Waals surface area contributed by atoms with E-state index in [2.05, 4.69) is 0 Å². The number of epoxide rings is 1. The Bertz CT molecular complexity index is 402. The fourth-order valence-corrected chi connectivity index (χ4v) is 3.26. The van der Waals surface area contributed by atoms with Crippen LogP contribution in [0.2, 0.25) is 0 Å². The van der Waals surface area contributed by atoms with Crippen LogP contribution in [0.3, 0.4) is 0 Å². The first-order valence-corrected chi connectivity index (χ1v) is 6.78. The minimum Gasteiger partial charge on any atom is -0.364 e. The topological polar surface area (TPSA) is 58.7 Å². The first-order valence-electron chi connectivity index (χ1n) is 6.78. The molecule has 19 heavy (non-hydrogen) atoms. The van der Waals surface area contributed by atoms with E-state index in [1.54, 1.807) is 0 Å². The third kappa shape index (κ3) is 1.78. The maximum Gasteiger partial charge on any atom is 0.190 e. The highest BCUT2D eigenvalue weighted by atomic mass is 16.9. The summed E-state index contributed by atoms with van der Waals surface area (Å²) in [6, 6.07) is 0. The lowest BCUT2D eigenvalue weighted by atomic mass is 9.95. The van der Waals surface area contributed by atoms with Crippen molar-refractivity contribution < 1.29 is 28.4 Å². The molecular weight excluding hydrogens is 252 g/mol. The second kappa shape index (κ2) is 3.50. The highest BCUT2D eigenvalue weighted by Crippen LogP contribution is 2.53. The van der Waals surface area contributed by atoms with Gasteiger partial charge >= 0.3 is 0 Å². The number of rotatable bonds is 1. The molecule has 0 saturated carbocycles. The standard InChI is InChI=1S/C13H20O6/c1-11(2)14-5-7(17-11)8-13(6-15-13)9-10(16-8)19-12(3,4)18-9/h7-10H,5-6H2,1-4H3/t7-,8-,9+,10-,13-/m1/s1. The van der Waals surface area contributed by atoms with Crippen molar-refractivity contribution in [3.05, 3.63) is 0 Å². The molecule has 0 unspecified atom stereocenters. The molecule has 4 fully saturated rings. The number of hydrogen-bond donors (Lipinski definition) is 0. The van der Waals surface area contributed by atoms with Crippen molar-refractivity contribution >= 4 is 0 Å². The minimum absolute atomic E-state index is 0.140. The molecule has 0 aromatic carbocycles. The number of ether oxygens (including phenoxy) is 6. The molecule has 4 heterocycles. The van der Waals surface area contributed by atoms with E-state index < -0.39 is 17.2 Å². The third-order valence-corrected chi connectivity index (χ3v) is 4.15. The van der Waals surface area contributed by atoms with Gasteiger partial charge in [-0.3, -0.25) is 0 Å². The predicted octanol–water partition coefficient (Wildman–Crippen LogP) is 0.783. The van der Waals surface area contributed by atoms with Crippen LogP contribution >= 0.6 is 0 Å². The molecule has 0 aromatic rings. The summed E-state index contributed by atoms with van der Waals surface area (Å²) in [5.41, 5.74) is -0.424. The van der Waals surface area contributed by atoms with Crippen LogP contribution in [0.15, 0.2) is 0 Å². The van der Waals surface area contributed by atoms with Gasteiger partial charge in [0.25, 0.3) is 0 Å². The van der Waals surface area contributed by atoms with Gasteiger partial charge < -0.3 is 28.4 Å². The summed E-state index contributed by atoms with van der Waals surface area (Å²) in [4.78, 5) is 0. The third-order valence-electron chi connectivity index (χ3n) is 4.15. The molecule has 0 aromatic heterocycles. The molecule has 0 aliphatic carbocycles. The summed E-state index contributed by atoms with van der Waals surface area (Å²) >= 11 is 0. The van der Waals surface area contributed by atoms with E-state index >= 15 is 0 Å². The van der Waals surface area contributed by atoms with Gasteiger partial charge in [0.2, 0.25) is 0 Å². The molecule has 4 aliphatic heterocycles. The van der Waals surface area contributed by atoms with Gasteiger partial charge in [0, 0.05) is 0 Å². The van der Waals surface area contributed by atoms with E-state index in [-0.39, 0.29) is 24.6 Å². The molecule has 4 aliphatic rings. The van der Waals surface area contributed by atoms with E-state index in [0.717, 1.165) is 0 Å². The Kier molecular flexibility index (Phi) is 2.30. The predicted molar refractivity (Wildman–Crippen MR) is 62.3 cm³/mol. The zero-order valence-electron chi connectivity index (χ0n) is 11.7. The Morgan fingerprint density at radius 3 is 2.16 bits per heavy atom. The lowest BCUT2D eigenvalue weighted by Crippen LogP contribution is -2.45. The monoisotopic (exact) mass is 272 g/mol. The normalized spacial score (nSPS) is 53.7. The molecule has 4 rings (SSSR count). The molecule has 0 bridgehead atoms. The molecule has 108 valence electrons. The lowest BCUT2D eigenvalue weighted by molar-refractivity contribution is -0.228. The van der Waals surface area contributed by atoms with Gasteiger partial charge in [0.05, 0.1) is 13.2 Å². The van der Waals surface area contributed by atoms with Crippen LogP contribution in [0.4, 0.5) is 0 Å². The van der Waals surface area contributed by atoms with Crippen LogP contribution < -0.4 is 0 Å². The maximum atomic E-state index is 6.00. The van der Waals surface area contributed by atoms with Gasteiger partial charge in [-0.1, -0.05) is 0 Å². The SMILES string of the molecule is CC1(C)OC[C@H]([C@H]2O[C@@H]3OC(C)(C)O[C@@H]3[C@@]23CO3)O1. The van der Waals surface area contributed by atoms with E-state index in [1.165, 1.54) is 0 Å². The highest BCUT2D eigenvalue weighted by molar-refractivity contribution is 5.16. The van der Waals surface area contributed by atoms with Crippen LogP contribution in [-0.4, -0.2) is 55.0 Å². The van der Waals surface area contributed by atoms with E-state index in [1.807, 2.05) is 27.7 Å². The molecule has 5 atom stereocenters. The van der Waals surface area contributed by atoms with Crippen LogP contribution in [-0.2, 0) is 28.4 Å². The Hall–Kier alpha value is -0.240. The summed E-state index contributed by atoms with van der Waals surface area (Å²) in [6.45, 7) is 8.71. The maximum absolute atomic E-state index is 6.00. The summed E-state index contributed by atoms with van der Waals surface area (Å²) < 4.78 is 34.9. The Morgan fingerprint density at radius 1 is 0.842 bits per heavy atom. The van der Waals surface area contributed by atoms with Crippen LogP contribution in [0.25, 0.3) is 0 Å². The lowest BCUT2D eigenvalue weighted by Gasteiger charge is -2.27. The van der Waals surface area contributed by atoms with Crippen molar-refractivity contribution in [2.75, 3.05) is 13.2 Å². The van der Waals surface area contributed by atoms with Gasteiger partial charge in [-0.15, -0.1) is 0 Å². The molecule has 6 heteroatoms. The summed E-state index contributed by atoms with van der Waals surface area (Å²) in [6.07, 6.45) is -0.895. The largest absolute Gasteiger partial charge is 0.364 e. The van der Waals surface area contributed by atoms with Gasteiger partial charge in [-0.2, -0.15) is 0 Å². The smallest absolute Gasteiger partial charge is 0.190 e. The second-order valence-electron chi connectivity index (χ2n) is 6.59. The zero-order chi connectivity index (χ0) is 13.5. The van der Waals surface area contributed by atoms with Crippen molar-refractivity contribution in [3.8, 4) is 0 Å². The van der Waals surface area contributed by atoms with Crippen molar-refractivity contribution in [1.29, 1.82) is 0 Å².